The van der Waals surface area contributed by atoms with Crippen LogP contribution < -0.4 is 10.1 Å². The highest BCUT2D eigenvalue weighted by Crippen LogP contribution is 2.24. The van der Waals surface area contributed by atoms with Crippen LogP contribution in [-0.4, -0.2) is 14.6 Å². The molecule has 0 saturated carbocycles. The van der Waals surface area contributed by atoms with Crippen molar-refractivity contribution in [2.75, 3.05) is 0 Å². The average molecular weight is 400 g/mol. The maximum Gasteiger partial charge on any atom is 0.291 e. The first-order chi connectivity index (χ1) is 12.6. The monoisotopic (exact) mass is 399 g/mol. The molecule has 2 aromatic heterocycles. The van der Waals surface area contributed by atoms with Gasteiger partial charge in [0, 0.05) is 15.6 Å². The Morgan fingerprint density at radius 1 is 0.962 bits per heavy atom. The van der Waals surface area contributed by atoms with E-state index >= 15 is 0 Å². The van der Waals surface area contributed by atoms with Crippen molar-refractivity contribution in [2.45, 2.75) is 0 Å². The fourth-order valence-electron chi connectivity index (χ4n) is 2.43. The molecule has 4 rings (SSSR count). The average Bonchev–Trinajstić information content (AvgIpc) is 3.17. The highest BCUT2D eigenvalue weighted by atomic mass is 35.5. The van der Waals surface area contributed by atoms with Crippen LogP contribution in [0.25, 0.3) is 23.2 Å². The van der Waals surface area contributed by atoms with Gasteiger partial charge in [0.15, 0.2) is 5.82 Å². The molecule has 0 fully saturated rings. The van der Waals surface area contributed by atoms with Crippen LogP contribution >= 0.6 is 34.5 Å². The molecule has 26 heavy (non-hydrogen) atoms. The van der Waals surface area contributed by atoms with E-state index in [1.165, 1.54) is 15.9 Å². The zero-order valence-corrected chi connectivity index (χ0v) is 15.6. The number of hydrogen-bond acceptors (Lipinski definition) is 4. The summed E-state index contributed by atoms with van der Waals surface area (Å²) in [6.07, 6.45) is 5.36. The smallest absolute Gasteiger partial charge is 0.266 e. The van der Waals surface area contributed by atoms with Gasteiger partial charge < -0.3 is 0 Å². The van der Waals surface area contributed by atoms with Crippen molar-refractivity contribution in [3.8, 4) is 0 Å². The van der Waals surface area contributed by atoms with Gasteiger partial charge >= 0.3 is 0 Å². The summed E-state index contributed by atoms with van der Waals surface area (Å²) in [6, 6.07) is 15.0. The lowest BCUT2D eigenvalue weighted by atomic mass is 10.2. The molecule has 0 aliphatic rings. The molecule has 128 valence electrons. The predicted molar refractivity (Wildman–Crippen MR) is 108 cm³/mol. The molecular formula is C19H11Cl2N3OS. The molecular weight excluding hydrogens is 389 g/mol. The first-order valence-electron chi connectivity index (χ1n) is 7.70. The third kappa shape index (κ3) is 3.29. The van der Waals surface area contributed by atoms with E-state index in [1.54, 1.807) is 30.4 Å². The van der Waals surface area contributed by atoms with Crippen molar-refractivity contribution < 1.29 is 0 Å². The van der Waals surface area contributed by atoms with E-state index in [-0.39, 0.29) is 5.56 Å². The fraction of sp³-hybridized carbons (Fsp3) is 0. The summed E-state index contributed by atoms with van der Waals surface area (Å²) in [7, 11) is 0. The summed E-state index contributed by atoms with van der Waals surface area (Å²) in [5.41, 5.74) is 1.41. The van der Waals surface area contributed by atoms with Crippen LogP contribution in [0.4, 0.5) is 0 Å². The molecule has 0 aliphatic heterocycles. The van der Waals surface area contributed by atoms with Gasteiger partial charge in [0.05, 0.1) is 4.53 Å². The number of fused-ring (bicyclic) bond motifs is 1. The molecule has 0 saturated heterocycles. The number of halogens is 2. The number of rotatable bonds is 3. The van der Waals surface area contributed by atoms with E-state index in [4.69, 9.17) is 23.2 Å². The van der Waals surface area contributed by atoms with Gasteiger partial charge in [-0.3, -0.25) is 4.79 Å². The topological polar surface area (TPSA) is 47.3 Å². The molecule has 2 heterocycles. The summed E-state index contributed by atoms with van der Waals surface area (Å²) in [6.45, 7) is 0. The van der Waals surface area contributed by atoms with Crippen LogP contribution in [0, 0.1) is 0 Å². The number of aromatic nitrogens is 3. The van der Waals surface area contributed by atoms with Crippen LogP contribution in [0.15, 0.2) is 53.3 Å². The Labute approximate surface area is 162 Å². The summed E-state index contributed by atoms with van der Waals surface area (Å²) in [5.74, 6) is 0.486. The maximum absolute atomic E-state index is 12.6. The summed E-state index contributed by atoms with van der Waals surface area (Å²) >= 11 is 13.6. The Morgan fingerprint density at radius 3 is 2.38 bits per heavy atom. The van der Waals surface area contributed by atoms with Gasteiger partial charge in [-0.1, -0.05) is 77.0 Å². The number of nitrogens with zero attached hydrogens (tertiary/aromatic N) is 3. The molecule has 0 amide bonds. The van der Waals surface area contributed by atoms with Crippen molar-refractivity contribution in [2.24, 2.45) is 0 Å². The summed E-state index contributed by atoms with van der Waals surface area (Å²) in [4.78, 5) is 17.5. The van der Waals surface area contributed by atoms with E-state index < -0.39 is 0 Å². The molecule has 0 unspecified atom stereocenters. The van der Waals surface area contributed by atoms with Crippen LogP contribution in [0.2, 0.25) is 10.0 Å². The van der Waals surface area contributed by atoms with Crippen LogP contribution in [0.1, 0.15) is 17.0 Å². The predicted octanol–water partition coefficient (Wildman–Crippen LogP) is 4.18. The van der Waals surface area contributed by atoms with Gasteiger partial charge in [0.1, 0.15) is 0 Å². The second-order valence-corrected chi connectivity index (χ2v) is 7.28. The van der Waals surface area contributed by atoms with E-state index in [2.05, 4.69) is 10.1 Å². The first kappa shape index (κ1) is 17.0. The lowest BCUT2D eigenvalue weighted by molar-refractivity contribution is 0.925. The third-order valence-corrected chi connectivity index (χ3v) is 5.32. The number of benzene rings is 2. The van der Waals surface area contributed by atoms with Crippen LogP contribution in [0.3, 0.4) is 0 Å². The Morgan fingerprint density at radius 2 is 1.69 bits per heavy atom. The first-order valence-corrected chi connectivity index (χ1v) is 9.27. The molecule has 0 bridgehead atoms. The van der Waals surface area contributed by atoms with Crippen molar-refractivity contribution in [3.63, 3.8) is 0 Å². The quantitative estimate of drug-likeness (QED) is 0.519. The number of hydrogen-bond donors (Lipinski definition) is 0. The van der Waals surface area contributed by atoms with Gasteiger partial charge in [-0.05, 0) is 29.8 Å². The maximum atomic E-state index is 12.6. The summed E-state index contributed by atoms with van der Waals surface area (Å²) < 4.78 is 1.78. The van der Waals surface area contributed by atoms with Crippen molar-refractivity contribution >= 4 is 57.7 Å². The van der Waals surface area contributed by atoms with Gasteiger partial charge in [-0.25, -0.2) is 0 Å². The lowest BCUT2D eigenvalue weighted by Gasteiger charge is -1.99. The molecule has 7 heteroatoms. The van der Waals surface area contributed by atoms with Gasteiger partial charge in [-0.15, -0.1) is 5.10 Å². The normalized spacial score (nSPS) is 12.5. The van der Waals surface area contributed by atoms with Crippen molar-refractivity contribution in [1.82, 2.24) is 14.6 Å². The molecule has 4 nitrogen and oxygen atoms in total. The SMILES string of the molecule is O=c1c(=Cc2c(Cl)cccc2Cl)sc2nc(C=Cc3ccccc3)nn12. The third-order valence-electron chi connectivity index (χ3n) is 3.70. The second kappa shape index (κ2) is 7.03. The Kier molecular flexibility index (Phi) is 4.59. The minimum absolute atomic E-state index is 0.243. The van der Waals surface area contributed by atoms with Crippen LogP contribution in [0.5, 0.6) is 0 Å². The van der Waals surface area contributed by atoms with E-state index in [9.17, 15) is 4.79 Å². The lowest BCUT2D eigenvalue weighted by Crippen LogP contribution is -2.23. The highest BCUT2D eigenvalue weighted by molar-refractivity contribution is 7.15. The minimum atomic E-state index is -0.243. The standard InChI is InChI=1S/C19H11Cl2N3OS/c20-14-7-4-8-15(21)13(14)11-16-18(25)24-19(26-16)22-17(23-24)10-9-12-5-2-1-3-6-12/h1-11H. The molecule has 0 radical (unpaired) electrons. The molecule has 0 spiro atoms. The van der Waals surface area contributed by atoms with E-state index in [0.717, 1.165) is 5.56 Å². The van der Waals surface area contributed by atoms with Crippen molar-refractivity contribution in [1.29, 1.82) is 0 Å². The van der Waals surface area contributed by atoms with Crippen LogP contribution in [-0.2, 0) is 0 Å². The highest BCUT2D eigenvalue weighted by Gasteiger charge is 2.10. The number of thiazole rings is 1. The molecule has 0 N–H and O–H groups in total. The Balaban J connectivity index is 1.74. The van der Waals surface area contributed by atoms with E-state index in [0.29, 0.717) is 30.9 Å². The second-order valence-electron chi connectivity index (χ2n) is 5.46. The Hall–Kier alpha value is -2.47. The van der Waals surface area contributed by atoms with Crippen molar-refractivity contribution in [3.05, 3.63) is 90.4 Å². The van der Waals surface area contributed by atoms with Gasteiger partial charge in [0.2, 0.25) is 4.96 Å². The minimum Gasteiger partial charge on any atom is -0.266 e. The Bertz CT molecular complexity index is 1210. The zero-order chi connectivity index (χ0) is 18.1. The fourth-order valence-corrected chi connectivity index (χ4v) is 3.84. The van der Waals surface area contributed by atoms with Gasteiger partial charge in [-0.2, -0.15) is 9.50 Å². The van der Waals surface area contributed by atoms with Gasteiger partial charge in [0.25, 0.3) is 5.56 Å². The zero-order valence-electron chi connectivity index (χ0n) is 13.3. The van der Waals surface area contributed by atoms with E-state index in [1.807, 2.05) is 36.4 Å². The molecule has 4 aromatic rings. The molecule has 2 aromatic carbocycles. The summed E-state index contributed by atoms with van der Waals surface area (Å²) in [5, 5.41) is 5.24. The largest absolute Gasteiger partial charge is 0.291 e. The molecule has 0 aliphatic carbocycles. The molecule has 0 atom stereocenters.